The Morgan fingerprint density at radius 1 is 1.30 bits per heavy atom. The summed E-state index contributed by atoms with van der Waals surface area (Å²) in [7, 11) is 0. The Hall–Kier alpha value is -1.87. The molecular weight excluding hydrogens is 272 g/mol. The van der Waals surface area contributed by atoms with Gasteiger partial charge in [0.1, 0.15) is 0 Å². The van der Waals surface area contributed by atoms with E-state index >= 15 is 0 Å². The smallest absolute Gasteiger partial charge is 0.253 e. The third-order valence-electron chi connectivity index (χ3n) is 3.03. The minimum absolute atomic E-state index is 0.00343. The average molecular weight is 289 g/mol. The van der Waals surface area contributed by atoms with E-state index in [0.29, 0.717) is 12.0 Å². The number of hydrogen-bond acceptors (Lipinski definition) is 2. The molecule has 1 N–H and O–H groups in total. The zero-order valence-electron chi connectivity index (χ0n) is 11.6. The predicted molar refractivity (Wildman–Crippen MR) is 81.1 cm³/mol. The van der Waals surface area contributed by atoms with E-state index < -0.39 is 0 Å². The van der Waals surface area contributed by atoms with E-state index in [0.717, 1.165) is 16.3 Å². The predicted octanol–water partition coefficient (Wildman–Crippen LogP) is 3.40. The fraction of sp³-hybridized carbons (Fsp3) is 0.250. The van der Waals surface area contributed by atoms with Gasteiger partial charge in [-0.25, -0.2) is 0 Å². The number of nitrogens with zero attached hydrogens (tertiary/aromatic N) is 1. The maximum atomic E-state index is 12.1. The molecule has 2 aromatic rings. The van der Waals surface area contributed by atoms with Crippen molar-refractivity contribution >= 4 is 17.5 Å². The van der Waals surface area contributed by atoms with Crippen LogP contribution in [0.2, 0.25) is 5.02 Å². The zero-order chi connectivity index (χ0) is 14.5. The molecule has 3 nitrogen and oxygen atoms in total. The number of pyridine rings is 1. The van der Waals surface area contributed by atoms with Crippen LogP contribution >= 0.6 is 11.6 Å². The summed E-state index contributed by atoms with van der Waals surface area (Å²) in [5.41, 5.74) is 2.50. The molecule has 2 rings (SSSR count). The van der Waals surface area contributed by atoms with Crippen LogP contribution in [0, 0.1) is 6.92 Å². The lowest BCUT2D eigenvalue weighted by atomic mass is 10.1. The number of rotatable bonds is 4. The summed E-state index contributed by atoms with van der Waals surface area (Å²) < 4.78 is 0. The van der Waals surface area contributed by atoms with Crippen molar-refractivity contribution in [3.05, 3.63) is 64.4 Å². The molecule has 0 spiro atoms. The van der Waals surface area contributed by atoms with E-state index in [-0.39, 0.29) is 11.9 Å². The van der Waals surface area contributed by atoms with E-state index in [1.165, 1.54) is 0 Å². The number of nitrogens with one attached hydrogen (secondary N) is 1. The van der Waals surface area contributed by atoms with E-state index in [9.17, 15) is 4.79 Å². The molecule has 104 valence electrons. The third-order valence-corrected chi connectivity index (χ3v) is 3.40. The molecule has 0 radical (unpaired) electrons. The van der Waals surface area contributed by atoms with Gasteiger partial charge in [0.25, 0.3) is 5.91 Å². The van der Waals surface area contributed by atoms with Crippen LogP contribution in [0.15, 0.2) is 42.6 Å². The standard InChI is InChI=1S/C16H17ClN2O/c1-11-7-8-14(10-18-11)16(20)19-12(2)9-13-5-3-4-6-15(13)17/h3-8,10,12H,9H2,1-2H3,(H,19,20)/t12-/m1/s1. The van der Waals surface area contributed by atoms with E-state index in [1.807, 2.05) is 44.2 Å². The van der Waals surface area contributed by atoms with Gasteiger partial charge in [-0.1, -0.05) is 29.8 Å². The molecule has 1 amide bonds. The first kappa shape index (κ1) is 14.5. The molecule has 0 unspecified atom stereocenters. The lowest BCUT2D eigenvalue weighted by Gasteiger charge is -2.14. The highest BCUT2D eigenvalue weighted by Gasteiger charge is 2.11. The SMILES string of the molecule is Cc1ccc(C(=O)N[C@H](C)Cc2ccccc2Cl)cn1. The minimum atomic E-state index is -0.114. The van der Waals surface area contributed by atoms with Crippen LogP contribution in [0.4, 0.5) is 0 Å². The molecule has 1 heterocycles. The van der Waals surface area contributed by atoms with Crippen LogP contribution in [-0.4, -0.2) is 16.9 Å². The number of hydrogen-bond donors (Lipinski definition) is 1. The fourth-order valence-corrected chi connectivity index (χ4v) is 2.17. The molecule has 0 aliphatic rings. The summed E-state index contributed by atoms with van der Waals surface area (Å²) in [6.45, 7) is 3.85. The Morgan fingerprint density at radius 3 is 2.70 bits per heavy atom. The van der Waals surface area contributed by atoms with Gasteiger partial charge in [-0.3, -0.25) is 9.78 Å². The summed E-state index contributed by atoms with van der Waals surface area (Å²) >= 11 is 6.12. The summed E-state index contributed by atoms with van der Waals surface area (Å²) in [4.78, 5) is 16.2. The number of aromatic nitrogens is 1. The molecule has 0 saturated carbocycles. The molecule has 1 aromatic carbocycles. The Balaban J connectivity index is 1.98. The normalized spacial score (nSPS) is 11.9. The quantitative estimate of drug-likeness (QED) is 0.937. The van der Waals surface area contributed by atoms with Crippen LogP contribution < -0.4 is 5.32 Å². The average Bonchev–Trinajstić information content (AvgIpc) is 2.42. The first-order chi connectivity index (χ1) is 9.56. The summed E-state index contributed by atoms with van der Waals surface area (Å²) in [6.07, 6.45) is 2.29. The largest absolute Gasteiger partial charge is 0.349 e. The molecule has 0 bridgehead atoms. The van der Waals surface area contributed by atoms with Crippen molar-refractivity contribution in [1.82, 2.24) is 10.3 Å². The van der Waals surface area contributed by atoms with E-state index in [2.05, 4.69) is 10.3 Å². The first-order valence-corrected chi connectivity index (χ1v) is 6.91. The van der Waals surface area contributed by atoms with Crippen molar-refractivity contribution in [2.75, 3.05) is 0 Å². The first-order valence-electron chi connectivity index (χ1n) is 6.53. The van der Waals surface area contributed by atoms with Crippen molar-refractivity contribution in [2.24, 2.45) is 0 Å². The Bertz CT molecular complexity index is 596. The highest BCUT2D eigenvalue weighted by Crippen LogP contribution is 2.16. The second-order valence-electron chi connectivity index (χ2n) is 4.86. The summed E-state index contributed by atoms with van der Waals surface area (Å²) in [5, 5.41) is 3.68. The highest BCUT2D eigenvalue weighted by molar-refractivity contribution is 6.31. The lowest BCUT2D eigenvalue weighted by molar-refractivity contribution is 0.0939. The number of halogens is 1. The molecular formula is C16H17ClN2O. The second-order valence-corrected chi connectivity index (χ2v) is 5.27. The topological polar surface area (TPSA) is 42.0 Å². The van der Waals surface area contributed by atoms with Gasteiger partial charge in [-0.15, -0.1) is 0 Å². The van der Waals surface area contributed by atoms with Gasteiger partial charge in [0.05, 0.1) is 5.56 Å². The van der Waals surface area contributed by atoms with E-state index in [4.69, 9.17) is 11.6 Å². The summed E-state index contributed by atoms with van der Waals surface area (Å²) in [6, 6.07) is 11.3. The molecule has 4 heteroatoms. The molecule has 20 heavy (non-hydrogen) atoms. The van der Waals surface area contributed by atoms with Crippen LogP contribution in [0.25, 0.3) is 0 Å². The maximum Gasteiger partial charge on any atom is 0.253 e. The van der Waals surface area contributed by atoms with Crippen LogP contribution in [0.1, 0.15) is 28.5 Å². The molecule has 1 aromatic heterocycles. The number of benzene rings is 1. The van der Waals surface area contributed by atoms with Crippen molar-refractivity contribution in [2.45, 2.75) is 26.3 Å². The number of carbonyl (C=O) groups excluding carboxylic acids is 1. The molecule has 1 atom stereocenters. The fourth-order valence-electron chi connectivity index (χ4n) is 1.95. The Morgan fingerprint density at radius 2 is 2.05 bits per heavy atom. The van der Waals surface area contributed by atoms with Crippen LogP contribution in [-0.2, 0) is 6.42 Å². The van der Waals surface area contributed by atoms with Crippen LogP contribution in [0.5, 0.6) is 0 Å². The number of amides is 1. The molecule has 0 saturated heterocycles. The highest BCUT2D eigenvalue weighted by atomic mass is 35.5. The van der Waals surface area contributed by atoms with Gasteiger partial charge < -0.3 is 5.32 Å². The lowest BCUT2D eigenvalue weighted by Crippen LogP contribution is -2.34. The Kier molecular flexibility index (Phi) is 4.74. The van der Waals surface area contributed by atoms with Gasteiger partial charge in [0, 0.05) is 23.0 Å². The Labute approximate surface area is 124 Å². The molecule has 0 fully saturated rings. The number of aryl methyl sites for hydroxylation is 1. The van der Waals surface area contributed by atoms with Crippen molar-refractivity contribution in [3.8, 4) is 0 Å². The molecule has 0 aliphatic heterocycles. The monoisotopic (exact) mass is 288 g/mol. The van der Waals surface area contributed by atoms with E-state index in [1.54, 1.807) is 12.3 Å². The van der Waals surface area contributed by atoms with Gasteiger partial charge in [-0.2, -0.15) is 0 Å². The van der Waals surface area contributed by atoms with Crippen molar-refractivity contribution < 1.29 is 4.79 Å². The summed E-state index contributed by atoms with van der Waals surface area (Å²) in [5.74, 6) is -0.114. The van der Waals surface area contributed by atoms with Gasteiger partial charge in [-0.05, 0) is 44.0 Å². The zero-order valence-corrected chi connectivity index (χ0v) is 12.3. The maximum absolute atomic E-state index is 12.1. The number of carbonyl (C=O) groups is 1. The van der Waals surface area contributed by atoms with Crippen molar-refractivity contribution in [3.63, 3.8) is 0 Å². The minimum Gasteiger partial charge on any atom is -0.349 e. The van der Waals surface area contributed by atoms with Crippen LogP contribution in [0.3, 0.4) is 0 Å². The second kappa shape index (κ2) is 6.53. The third kappa shape index (κ3) is 3.81. The van der Waals surface area contributed by atoms with Gasteiger partial charge in [0.15, 0.2) is 0 Å². The van der Waals surface area contributed by atoms with Crippen molar-refractivity contribution in [1.29, 1.82) is 0 Å². The van der Waals surface area contributed by atoms with Gasteiger partial charge >= 0.3 is 0 Å². The molecule has 0 aliphatic carbocycles. The van der Waals surface area contributed by atoms with Gasteiger partial charge in [0.2, 0.25) is 0 Å².